The van der Waals surface area contributed by atoms with Gasteiger partial charge in [0, 0.05) is 32.8 Å². The molecule has 5 heteroatoms. The van der Waals surface area contributed by atoms with Crippen LogP contribution in [0.15, 0.2) is 152 Å². The Hall–Kier alpha value is -7.39. The molecule has 9 rings (SSSR count). The molecule has 0 atom stereocenters. The van der Waals surface area contributed by atoms with Gasteiger partial charge in [-0.1, -0.05) is 78.9 Å². The van der Waals surface area contributed by atoms with Gasteiger partial charge < -0.3 is 9.13 Å². The summed E-state index contributed by atoms with van der Waals surface area (Å²) in [4.78, 5) is 0. The first-order valence-electron chi connectivity index (χ1n) is 16.3. The highest BCUT2D eigenvalue weighted by Gasteiger charge is 2.18. The average Bonchev–Trinajstić information content (AvgIpc) is 3.70. The summed E-state index contributed by atoms with van der Waals surface area (Å²) >= 11 is 0. The van der Waals surface area contributed by atoms with Crippen LogP contribution in [0, 0.1) is 34.0 Å². The zero-order valence-electron chi connectivity index (χ0n) is 26.7. The molecule has 9 aromatic rings. The minimum Gasteiger partial charge on any atom is -0.309 e. The molecule has 0 fully saturated rings. The van der Waals surface area contributed by atoms with Gasteiger partial charge in [-0.05, 0) is 89.5 Å². The summed E-state index contributed by atoms with van der Waals surface area (Å²) in [6.07, 6.45) is 0. The van der Waals surface area contributed by atoms with E-state index in [9.17, 15) is 15.8 Å². The zero-order chi connectivity index (χ0) is 33.8. The van der Waals surface area contributed by atoms with Crippen molar-refractivity contribution in [1.29, 1.82) is 15.8 Å². The Labute approximate surface area is 287 Å². The van der Waals surface area contributed by atoms with Crippen molar-refractivity contribution in [3.05, 3.63) is 168 Å². The van der Waals surface area contributed by atoms with Gasteiger partial charge in [0.1, 0.15) is 0 Å². The summed E-state index contributed by atoms with van der Waals surface area (Å²) < 4.78 is 4.43. The summed E-state index contributed by atoms with van der Waals surface area (Å²) in [5.74, 6) is 0. The fraction of sp³-hybridized carbons (Fsp3) is 0. The van der Waals surface area contributed by atoms with Crippen molar-refractivity contribution >= 4 is 43.6 Å². The van der Waals surface area contributed by atoms with Crippen LogP contribution in [0.2, 0.25) is 0 Å². The Morgan fingerprint density at radius 1 is 0.400 bits per heavy atom. The highest BCUT2D eigenvalue weighted by molar-refractivity contribution is 6.12. The van der Waals surface area contributed by atoms with Gasteiger partial charge in [0.15, 0.2) is 0 Å². The molecule has 0 radical (unpaired) electrons. The standard InChI is InChI=1S/C45H25N5/c46-26-29-19-20-43-39(23-29)37-13-2-5-16-41(37)49(43)35-22-30(27-47)21-34(25-35)31-9-7-10-32(24-31)36-12-1-4-15-40(36)50-42-17-6-3-14-38(42)45-33(28-48)11-8-18-44(45)50/h1-25H. The number of para-hydroxylation sites is 3. The van der Waals surface area contributed by atoms with Crippen LogP contribution in [0.4, 0.5) is 0 Å². The molecule has 230 valence electrons. The topological polar surface area (TPSA) is 81.2 Å². The van der Waals surface area contributed by atoms with Crippen molar-refractivity contribution in [2.24, 2.45) is 0 Å². The van der Waals surface area contributed by atoms with Gasteiger partial charge in [0.05, 0.1) is 62.7 Å². The van der Waals surface area contributed by atoms with Gasteiger partial charge in [-0.15, -0.1) is 0 Å². The predicted molar refractivity (Wildman–Crippen MR) is 200 cm³/mol. The lowest BCUT2D eigenvalue weighted by atomic mass is 9.96. The van der Waals surface area contributed by atoms with E-state index in [4.69, 9.17) is 0 Å². The lowest BCUT2D eigenvalue weighted by Gasteiger charge is -2.15. The van der Waals surface area contributed by atoms with Crippen LogP contribution in [0.3, 0.4) is 0 Å². The third-order valence-corrected chi connectivity index (χ3v) is 9.58. The van der Waals surface area contributed by atoms with E-state index in [0.29, 0.717) is 16.7 Å². The first kappa shape index (κ1) is 28.8. The normalized spacial score (nSPS) is 11.1. The largest absolute Gasteiger partial charge is 0.309 e. The minimum atomic E-state index is 0.557. The predicted octanol–water partition coefficient (Wildman–Crippen LogP) is 10.8. The Kier molecular flexibility index (Phi) is 6.56. The lowest BCUT2D eigenvalue weighted by Crippen LogP contribution is -1.98. The van der Waals surface area contributed by atoms with Crippen LogP contribution in [0.1, 0.15) is 16.7 Å². The van der Waals surface area contributed by atoms with Gasteiger partial charge in [0.25, 0.3) is 0 Å². The molecular formula is C45H25N5. The molecular weight excluding hydrogens is 611 g/mol. The number of nitriles is 3. The number of hydrogen-bond acceptors (Lipinski definition) is 3. The van der Waals surface area contributed by atoms with Crippen LogP contribution < -0.4 is 0 Å². The number of rotatable bonds is 4. The summed E-state index contributed by atoms with van der Waals surface area (Å²) in [5, 5.41) is 33.8. The molecule has 0 aliphatic rings. The quantitative estimate of drug-likeness (QED) is 0.193. The summed E-state index contributed by atoms with van der Waals surface area (Å²) in [7, 11) is 0. The van der Waals surface area contributed by atoms with E-state index in [2.05, 4.69) is 106 Å². The second kappa shape index (κ2) is 11.4. The molecule has 2 heterocycles. The van der Waals surface area contributed by atoms with E-state index in [-0.39, 0.29) is 0 Å². The molecule has 50 heavy (non-hydrogen) atoms. The Morgan fingerprint density at radius 3 is 1.90 bits per heavy atom. The molecule has 0 unspecified atom stereocenters. The molecule has 0 N–H and O–H groups in total. The number of fused-ring (bicyclic) bond motifs is 6. The molecule has 7 aromatic carbocycles. The third kappa shape index (κ3) is 4.38. The van der Waals surface area contributed by atoms with Crippen molar-refractivity contribution in [1.82, 2.24) is 9.13 Å². The number of aromatic nitrogens is 2. The van der Waals surface area contributed by atoms with Crippen molar-refractivity contribution in [2.75, 3.05) is 0 Å². The van der Waals surface area contributed by atoms with Crippen LogP contribution in [-0.4, -0.2) is 9.13 Å². The molecule has 0 aliphatic heterocycles. The minimum absolute atomic E-state index is 0.557. The van der Waals surface area contributed by atoms with Crippen molar-refractivity contribution < 1.29 is 0 Å². The van der Waals surface area contributed by atoms with E-state index in [1.807, 2.05) is 72.8 Å². The first-order valence-corrected chi connectivity index (χ1v) is 16.3. The molecule has 0 saturated heterocycles. The number of benzene rings is 7. The third-order valence-electron chi connectivity index (χ3n) is 9.58. The molecule has 0 saturated carbocycles. The summed E-state index contributed by atoms with van der Waals surface area (Å²) in [5.41, 5.74) is 11.7. The lowest BCUT2D eigenvalue weighted by molar-refractivity contribution is 1.18. The van der Waals surface area contributed by atoms with Crippen LogP contribution in [-0.2, 0) is 0 Å². The first-order chi connectivity index (χ1) is 24.7. The monoisotopic (exact) mass is 635 g/mol. The molecule has 0 amide bonds. The Balaban J connectivity index is 1.23. The van der Waals surface area contributed by atoms with Crippen LogP contribution >= 0.6 is 0 Å². The van der Waals surface area contributed by atoms with Gasteiger partial charge in [-0.3, -0.25) is 0 Å². The fourth-order valence-corrected chi connectivity index (χ4v) is 7.44. The second-order valence-corrected chi connectivity index (χ2v) is 12.3. The second-order valence-electron chi connectivity index (χ2n) is 12.3. The van der Waals surface area contributed by atoms with Gasteiger partial charge in [-0.25, -0.2) is 0 Å². The van der Waals surface area contributed by atoms with Gasteiger partial charge in [-0.2, -0.15) is 15.8 Å². The molecule has 0 bridgehead atoms. The van der Waals surface area contributed by atoms with E-state index < -0.39 is 0 Å². The molecule has 0 spiro atoms. The highest BCUT2D eigenvalue weighted by Crippen LogP contribution is 2.39. The van der Waals surface area contributed by atoms with Crippen LogP contribution in [0.25, 0.3) is 77.2 Å². The van der Waals surface area contributed by atoms with Crippen molar-refractivity contribution in [3.8, 4) is 51.8 Å². The highest BCUT2D eigenvalue weighted by atomic mass is 15.0. The zero-order valence-corrected chi connectivity index (χ0v) is 26.7. The van der Waals surface area contributed by atoms with E-state index in [0.717, 1.165) is 77.2 Å². The van der Waals surface area contributed by atoms with Crippen molar-refractivity contribution in [2.45, 2.75) is 0 Å². The fourth-order valence-electron chi connectivity index (χ4n) is 7.44. The Bertz CT molecular complexity index is 2970. The van der Waals surface area contributed by atoms with Gasteiger partial charge >= 0.3 is 0 Å². The number of nitrogens with zero attached hydrogens (tertiary/aromatic N) is 5. The molecule has 0 aliphatic carbocycles. The smallest absolute Gasteiger partial charge is 0.0998 e. The maximum atomic E-state index is 10.2. The SMILES string of the molecule is N#Cc1cc(-c2cccc(-c3ccccc3-n3c4ccccc4c4c(C#N)cccc43)c2)cc(-n2c3ccccc3c3cc(C#N)ccc32)c1. The van der Waals surface area contributed by atoms with Gasteiger partial charge in [0.2, 0.25) is 0 Å². The molecule has 2 aromatic heterocycles. The summed E-state index contributed by atoms with van der Waals surface area (Å²) in [6, 6.07) is 57.9. The Morgan fingerprint density at radius 2 is 1.08 bits per heavy atom. The average molecular weight is 636 g/mol. The maximum absolute atomic E-state index is 10.2. The number of hydrogen-bond donors (Lipinski definition) is 0. The van der Waals surface area contributed by atoms with Crippen molar-refractivity contribution in [3.63, 3.8) is 0 Å². The summed E-state index contributed by atoms with van der Waals surface area (Å²) in [6.45, 7) is 0. The van der Waals surface area contributed by atoms with Crippen LogP contribution in [0.5, 0.6) is 0 Å². The van der Waals surface area contributed by atoms with E-state index in [1.165, 1.54) is 0 Å². The molecule has 5 nitrogen and oxygen atoms in total. The van der Waals surface area contributed by atoms with E-state index in [1.54, 1.807) is 0 Å². The van der Waals surface area contributed by atoms with E-state index >= 15 is 0 Å². The maximum Gasteiger partial charge on any atom is 0.0998 e.